The second-order valence-electron chi connectivity index (χ2n) is 3.71. The lowest BCUT2D eigenvalue weighted by Crippen LogP contribution is -2.29. The SMILES string of the molecule is COC(=O)CC1S/C(=N/N=C(C)C)N(C)C1=O. The Bertz CT molecular complexity index is 388. The second-order valence-corrected chi connectivity index (χ2v) is 4.88. The van der Waals surface area contributed by atoms with Crippen molar-refractivity contribution < 1.29 is 14.3 Å². The van der Waals surface area contributed by atoms with Crippen molar-refractivity contribution in [1.29, 1.82) is 0 Å². The van der Waals surface area contributed by atoms with Crippen molar-refractivity contribution in [1.82, 2.24) is 4.90 Å². The normalized spacial score (nSPS) is 21.9. The summed E-state index contributed by atoms with van der Waals surface area (Å²) in [5.74, 6) is -0.552. The summed E-state index contributed by atoms with van der Waals surface area (Å²) >= 11 is 1.23. The van der Waals surface area contributed by atoms with Gasteiger partial charge in [0.25, 0.3) is 0 Å². The van der Waals surface area contributed by atoms with E-state index < -0.39 is 11.2 Å². The van der Waals surface area contributed by atoms with Crippen molar-refractivity contribution in [2.45, 2.75) is 25.5 Å². The highest BCUT2D eigenvalue weighted by atomic mass is 32.2. The van der Waals surface area contributed by atoms with Crippen molar-refractivity contribution in [3.05, 3.63) is 0 Å². The molecule has 6 nitrogen and oxygen atoms in total. The summed E-state index contributed by atoms with van der Waals surface area (Å²) in [5.41, 5.74) is 0.801. The predicted octanol–water partition coefficient (Wildman–Crippen LogP) is 0.875. The quantitative estimate of drug-likeness (QED) is 0.427. The fraction of sp³-hybridized carbons (Fsp3) is 0.600. The molecule has 1 saturated heterocycles. The van der Waals surface area contributed by atoms with Crippen molar-refractivity contribution in [2.75, 3.05) is 14.2 Å². The summed E-state index contributed by atoms with van der Waals surface area (Å²) < 4.78 is 4.54. The Balaban J connectivity index is 2.76. The lowest BCUT2D eigenvalue weighted by atomic mass is 10.3. The summed E-state index contributed by atoms with van der Waals surface area (Å²) in [6.07, 6.45) is 0.0538. The van der Waals surface area contributed by atoms with Crippen LogP contribution in [0.5, 0.6) is 0 Å². The molecule has 0 aliphatic carbocycles. The number of ether oxygens (including phenoxy) is 1. The molecule has 1 rings (SSSR count). The zero-order valence-corrected chi connectivity index (χ0v) is 11.1. The number of methoxy groups -OCH3 is 1. The fourth-order valence-electron chi connectivity index (χ4n) is 1.16. The van der Waals surface area contributed by atoms with Crippen LogP contribution in [-0.2, 0) is 14.3 Å². The summed E-state index contributed by atoms with van der Waals surface area (Å²) in [6.45, 7) is 3.63. The van der Waals surface area contributed by atoms with Gasteiger partial charge in [0.2, 0.25) is 5.91 Å². The van der Waals surface area contributed by atoms with E-state index in [0.717, 1.165) is 5.71 Å². The zero-order chi connectivity index (χ0) is 13.0. The number of thioether (sulfide) groups is 1. The maximum Gasteiger partial charge on any atom is 0.307 e. The number of hydrogen-bond acceptors (Lipinski definition) is 6. The van der Waals surface area contributed by atoms with Gasteiger partial charge in [0.15, 0.2) is 5.17 Å². The molecular weight excluding hydrogens is 242 g/mol. The third-order valence-corrected chi connectivity index (χ3v) is 3.28. The molecule has 0 aromatic heterocycles. The molecular formula is C10H15N3O3S. The maximum absolute atomic E-state index is 11.8. The fourth-order valence-corrected chi connectivity index (χ4v) is 2.23. The van der Waals surface area contributed by atoms with Crippen LogP contribution in [0.2, 0.25) is 0 Å². The molecule has 17 heavy (non-hydrogen) atoms. The zero-order valence-electron chi connectivity index (χ0n) is 10.3. The first-order chi connectivity index (χ1) is 7.95. The van der Waals surface area contributed by atoms with Crippen LogP contribution in [-0.4, -0.2) is 47.1 Å². The van der Waals surface area contributed by atoms with Gasteiger partial charge in [-0.15, -0.1) is 5.10 Å². The van der Waals surface area contributed by atoms with E-state index in [4.69, 9.17) is 0 Å². The third kappa shape index (κ3) is 3.55. The van der Waals surface area contributed by atoms with Gasteiger partial charge in [-0.3, -0.25) is 14.5 Å². The molecule has 1 amide bonds. The maximum atomic E-state index is 11.8. The number of carbonyl (C=O) groups excluding carboxylic acids is 2. The number of amidine groups is 1. The van der Waals surface area contributed by atoms with Crippen molar-refractivity contribution in [3.63, 3.8) is 0 Å². The van der Waals surface area contributed by atoms with E-state index >= 15 is 0 Å². The van der Waals surface area contributed by atoms with Gasteiger partial charge >= 0.3 is 5.97 Å². The van der Waals surface area contributed by atoms with Crippen LogP contribution in [0.1, 0.15) is 20.3 Å². The summed E-state index contributed by atoms with van der Waals surface area (Å²) in [4.78, 5) is 24.3. The Labute approximate surface area is 104 Å². The van der Waals surface area contributed by atoms with Gasteiger partial charge in [-0.25, -0.2) is 0 Å². The average Bonchev–Trinajstić information content (AvgIpc) is 2.54. The number of rotatable bonds is 3. The number of carbonyl (C=O) groups is 2. The van der Waals surface area contributed by atoms with Crippen LogP contribution in [0.4, 0.5) is 0 Å². The summed E-state index contributed by atoms with van der Waals surface area (Å²) in [6, 6.07) is 0. The molecule has 0 bridgehead atoms. The lowest BCUT2D eigenvalue weighted by Gasteiger charge is -2.07. The molecule has 1 aliphatic heterocycles. The number of esters is 1. The minimum atomic E-state index is -0.460. The topological polar surface area (TPSA) is 71.3 Å². The molecule has 0 radical (unpaired) electrons. The summed E-state index contributed by atoms with van der Waals surface area (Å²) in [5, 5.41) is 7.90. The lowest BCUT2D eigenvalue weighted by molar-refractivity contribution is -0.142. The molecule has 1 aliphatic rings. The molecule has 1 atom stereocenters. The minimum Gasteiger partial charge on any atom is -0.469 e. The van der Waals surface area contributed by atoms with Crippen LogP contribution in [0.3, 0.4) is 0 Å². The summed E-state index contributed by atoms with van der Waals surface area (Å²) in [7, 11) is 2.92. The van der Waals surface area contributed by atoms with Crippen molar-refractivity contribution in [3.8, 4) is 0 Å². The predicted molar refractivity (Wildman–Crippen MR) is 67.0 cm³/mol. The van der Waals surface area contributed by atoms with Gasteiger partial charge in [0.1, 0.15) is 5.25 Å². The molecule has 7 heteroatoms. The molecule has 0 saturated carbocycles. The largest absolute Gasteiger partial charge is 0.469 e. The number of nitrogens with zero attached hydrogens (tertiary/aromatic N) is 3. The average molecular weight is 257 g/mol. The third-order valence-electron chi connectivity index (χ3n) is 2.06. The van der Waals surface area contributed by atoms with Gasteiger partial charge in [-0.05, 0) is 13.8 Å². The van der Waals surface area contributed by atoms with E-state index in [1.54, 1.807) is 7.05 Å². The molecule has 1 fully saturated rings. The highest BCUT2D eigenvalue weighted by molar-refractivity contribution is 8.15. The van der Waals surface area contributed by atoms with Gasteiger partial charge in [-0.2, -0.15) is 5.10 Å². The van der Waals surface area contributed by atoms with Crippen molar-refractivity contribution >= 4 is 34.5 Å². The first-order valence-electron chi connectivity index (χ1n) is 5.05. The Kier molecular flexibility index (Phi) is 4.68. The second kappa shape index (κ2) is 5.81. The van der Waals surface area contributed by atoms with Crippen LogP contribution in [0.25, 0.3) is 0 Å². The number of amides is 1. The smallest absolute Gasteiger partial charge is 0.307 e. The van der Waals surface area contributed by atoms with Crippen LogP contribution >= 0.6 is 11.8 Å². The van der Waals surface area contributed by atoms with E-state index in [2.05, 4.69) is 14.9 Å². The Morgan fingerprint density at radius 1 is 1.53 bits per heavy atom. The van der Waals surface area contributed by atoms with Gasteiger partial charge in [0.05, 0.1) is 13.5 Å². The molecule has 0 N–H and O–H groups in total. The highest BCUT2D eigenvalue weighted by Gasteiger charge is 2.37. The van der Waals surface area contributed by atoms with E-state index in [0.29, 0.717) is 5.17 Å². The molecule has 0 aromatic carbocycles. The Hall–Kier alpha value is -1.37. The molecule has 0 spiro atoms. The first kappa shape index (κ1) is 13.7. The minimum absolute atomic E-state index is 0.0538. The monoisotopic (exact) mass is 257 g/mol. The molecule has 1 heterocycles. The first-order valence-corrected chi connectivity index (χ1v) is 5.93. The Morgan fingerprint density at radius 3 is 2.71 bits per heavy atom. The van der Waals surface area contributed by atoms with E-state index in [9.17, 15) is 9.59 Å². The molecule has 0 aromatic rings. The van der Waals surface area contributed by atoms with E-state index in [1.807, 2.05) is 13.8 Å². The molecule has 1 unspecified atom stereocenters. The Morgan fingerprint density at radius 2 is 2.18 bits per heavy atom. The van der Waals surface area contributed by atoms with Crippen LogP contribution < -0.4 is 0 Å². The standard InChI is InChI=1S/C10H15N3O3S/c1-6(2)11-12-10-13(3)9(15)7(17-10)5-8(14)16-4/h7H,5H2,1-4H3/b12-10+. The van der Waals surface area contributed by atoms with E-state index in [1.165, 1.54) is 23.8 Å². The van der Waals surface area contributed by atoms with Crippen LogP contribution in [0, 0.1) is 0 Å². The molecule has 94 valence electrons. The van der Waals surface area contributed by atoms with Gasteiger partial charge < -0.3 is 4.74 Å². The number of hydrogen-bond donors (Lipinski definition) is 0. The van der Waals surface area contributed by atoms with Gasteiger partial charge in [0, 0.05) is 12.8 Å². The van der Waals surface area contributed by atoms with Gasteiger partial charge in [-0.1, -0.05) is 11.8 Å². The van der Waals surface area contributed by atoms with Crippen molar-refractivity contribution in [2.24, 2.45) is 10.2 Å². The highest BCUT2D eigenvalue weighted by Crippen LogP contribution is 2.28. The van der Waals surface area contributed by atoms with Crippen LogP contribution in [0.15, 0.2) is 10.2 Å². The van der Waals surface area contributed by atoms with E-state index in [-0.39, 0.29) is 12.3 Å².